The number of benzene rings is 8. The van der Waals surface area contributed by atoms with E-state index in [0.717, 1.165) is 16.8 Å². The van der Waals surface area contributed by atoms with Gasteiger partial charge in [0.25, 0.3) is 0 Å². The summed E-state index contributed by atoms with van der Waals surface area (Å²) in [7, 11) is 0. The molecule has 0 aliphatic heterocycles. The SMILES string of the molecule is C(=NC(Nc1ccccc1)c1ccc(-c2cccc3ccccc23)cc1)c1c2ccccc2cc2c1ccc1ccccc12. The van der Waals surface area contributed by atoms with Gasteiger partial charge in [0.15, 0.2) is 0 Å². The first-order valence-electron chi connectivity index (χ1n) is 15.1. The van der Waals surface area contributed by atoms with Gasteiger partial charge >= 0.3 is 0 Å². The second kappa shape index (κ2) is 11.2. The minimum Gasteiger partial charge on any atom is -0.360 e. The molecule has 0 heterocycles. The zero-order valence-corrected chi connectivity index (χ0v) is 24.2. The largest absolute Gasteiger partial charge is 0.360 e. The highest BCUT2D eigenvalue weighted by molar-refractivity contribution is 6.20. The molecule has 0 saturated heterocycles. The van der Waals surface area contributed by atoms with E-state index < -0.39 is 0 Å². The first kappa shape index (κ1) is 25.9. The number of fused-ring (bicyclic) bond motifs is 5. The molecule has 2 heteroatoms. The van der Waals surface area contributed by atoms with Gasteiger partial charge in [-0.25, -0.2) is 0 Å². The molecular weight excluding hydrogens is 532 g/mol. The Kier molecular flexibility index (Phi) is 6.58. The van der Waals surface area contributed by atoms with Crippen molar-refractivity contribution in [2.45, 2.75) is 6.17 Å². The van der Waals surface area contributed by atoms with E-state index in [1.807, 2.05) is 6.07 Å². The molecule has 0 amide bonds. The van der Waals surface area contributed by atoms with Crippen molar-refractivity contribution in [3.05, 3.63) is 175 Å². The molecule has 1 unspecified atom stereocenters. The molecule has 0 aliphatic carbocycles. The molecule has 0 saturated carbocycles. The summed E-state index contributed by atoms with van der Waals surface area (Å²) in [6, 6.07) is 58.2. The molecular formula is C42H30N2. The average Bonchev–Trinajstić information content (AvgIpc) is 3.10. The minimum absolute atomic E-state index is 0.270. The van der Waals surface area contributed by atoms with Crippen LogP contribution in [0, 0.1) is 0 Å². The topological polar surface area (TPSA) is 24.4 Å². The van der Waals surface area contributed by atoms with Crippen molar-refractivity contribution in [3.63, 3.8) is 0 Å². The average molecular weight is 563 g/mol. The molecule has 8 aromatic rings. The standard InChI is InChI=1S/C42H30N2/c1-2-15-34(16-3-1)44-42(32-23-21-31(22-24-32)36-20-10-14-29-11-4-7-17-35(29)36)43-28-41-38-19-9-6-13-33(38)27-40-37-18-8-5-12-30(37)25-26-39(40)41/h1-28,42,44H. The van der Waals surface area contributed by atoms with Gasteiger partial charge in [-0.2, -0.15) is 0 Å². The van der Waals surface area contributed by atoms with E-state index in [2.05, 4.69) is 169 Å². The Hall–Kier alpha value is -5.73. The summed E-state index contributed by atoms with van der Waals surface area (Å²) in [5.74, 6) is 0. The molecule has 8 rings (SSSR count). The van der Waals surface area contributed by atoms with Crippen LogP contribution < -0.4 is 5.32 Å². The predicted octanol–water partition coefficient (Wildman–Crippen LogP) is 11.2. The van der Waals surface area contributed by atoms with E-state index in [0.29, 0.717) is 0 Å². The van der Waals surface area contributed by atoms with Crippen molar-refractivity contribution in [2.75, 3.05) is 5.32 Å². The van der Waals surface area contributed by atoms with Crippen LogP contribution in [-0.2, 0) is 0 Å². The molecule has 2 nitrogen and oxygen atoms in total. The Morgan fingerprint density at radius 2 is 1.09 bits per heavy atom. The lowest BCUT2D eigenvalue weighted by Crippen LogP contribution is -2.09. The number of hydrogen-bond acceptors (Lipinski definition) is 2. The molecule has 0 radical (unpaired) electrons. The van der Waals surface area contributed by atoms with Gasteiger partial charge in [-0.15, -0.1) is 0 Å². The van der Waals surface area contributed by atoms with Gasteiger partial charge < -0.3 is 5.32 Å². The monoisotopic (exact) mass is 562 g/mol. The van der Waals surface area contributed by atoms with E-state index >= 15 is 0 Å². The van der Waals surface area contributed by atoms with Gasteiger partial charge in [0.2, 0.25) is 0 Å². The molecule has 8 aromatic carbocycles. The van der Waals surface area contributed by atoms with Crippen LogP contribution in [0.5, 0.6) is 0 Å². The lowest BCUT2D eigenvalue weighted by Gasteiger charge is -2.18. The molecule has 0 aromatic heterocycles. The molecule has 0 fully saturated rings. The number of aliphatic imine (C=N–C) groups is 1. The molecule has 1 atom stereocenters. The summed E-state index contributed by atoms with van der Waals surface area (Å²) in [6.07, 6.45) is 1.80. The van der Waals surface area contributed by atoms with Crippen LogP contribution in [0.3, 0.4) is 0 Å². The highest BCUT2D eigenvalue weighted by Gasteiger charge is 2.13. The normalized spacial score (nSPS) is 12.4. The van der Waals surface area contributed by atoms with Crippen LogP contribution in [0.2, 0.25) is 0 Å². The second-order valence-electron chi connectivity index (χ2n) is 11.2. The fourth-order valence-corrected chi connectivity index (χ4v) is 6.36. The zero-order chi connectivity index (χ0) is 29.3. The van der Waals surface area contributed by atoms with E-state index in [1.165, 1.54) is 54.2 Å². The van der Waals surface area contributed by atoms with Gasteiger partial charge in [0.05, 0.1) is 0 Å². The van der Waals surface area contributed by atoms with Crippen molar-refractivity contribution in [1.82, 2.24) is 0 Å². The summed E-state index contributed by atoms with van der Waals surface area (Å²) in [5, 5.41) is 13.6. The van der Waals surface area contributed by atoms with Crippen LogP contribution >= 0.6 is 0 Å². The van der Waals surface area contributed by atoms with Gasteiger partial charge in [0, 0.05) is 17.5 Å². The Morgan fingerprint density at radius 1 is 0.455 bits per heavy atom. The highest BCUT2D eigenvalue weighted by Crippen LogP contribution is 2.34. The fourth-order valence-electron chi connectivity index (χ4n) is 6.36. The summed E-state index contributed by atoms with van der Waals surface area (Å²) >= 11 is 0. The van der Waals surface area contributed by atoms with Crippen LogP contribution in [0.25, 0.3) is 54.2 Å². The van der Waals surface area contributed by atoms with Crippen LogP contribution in [0.1, 0.15) is 17.3 Å². The van der Waals surface area contributed by atoms with Crippen molar-refractivity contribution in [1.29, 1.82) is 0 Å². The Bertz CT molecular complexity index is 2300. The Balaban J connectivity index is 1.24. The summed E-state index contributed by atoms with van der Waals surface area (Å²) < 4.78 is 0. The smallest absolute Gasteiger partial charge is 0.144 e. The number of nitrogens with one attached hydrogen (secondary N) is 1. The molecule has 1 N–H and O–H groups in total. The number of anilines is 1. The summed E-state index contributed by atoms with van der Waals surface area (Å²) in [4.78, 5) is 5.26. The lowest BCUT2D eigenvalue weighted by molar-refractivity contribution is 0.843. The maximum atomic E-state index is 5.26. The van der Waals surface area contributed by atoms with Crippen molar-refractivity contribution >= 4 is 55.0 Å². The fraction of sp³-hybridized carbons (Fsp3) is 0.0238. The first-order valence-corrected chi connectivity index (χ1v) is 15.1. The minimum atomic E-state index is -0.270. The number of hydrogen-bond donors (Lipinski definition) is 1. The Labute approximate surface area is 257 Å². The van der Waals surface area contributed by atoms with Crippen LogP contribution in [-0.4, -0.2) is 6.21 Å². The van der Waals surface area contributed by atoms with E-state index in [4.69, 9.17) is 4.99 Å². The number of para-hydroxylation sites is 1. The van der Waals surface area contributed by atoms with Gasteiger partial charge in [-0.1, -0.05) is 146 Å². The third-order valence-corrected chi connectivity index (χ3v) is 8.57. The molecule has 44 heavy (non-hydrogen) atoms. The zero-order valence-electron chi connectivity index (χ0n) is 24.2. The van der Waals surface area contributed by atoms with E-state index in [-0.39, 0.29) is 6.17 Å². The Morgan fingerprint density at radius 3 is 1.89 bits per heavy atom. The first-order chi connectivity index (χ1) is 21.8. The molecule has 0 aliphatic rings. The molecule has 0 bridgehead atoms. The quantitative estimate of drug-likeness (QED) is 0.122. The predicted molar refractivity (Wildman–Crippen MR) is 189 cm³/mol. The van der Waals surface area contributed by atoms with E-state index in [9.17, 15) is 0 Å². The lowest BCUT2D eigenvalue weighted by atomic mass is 9.94. The van der Waals surface area contributed by atoms with Crippen molar-refractivity contribution in [3.8, 4) is 11.1 Å². The number of rotatable bonds is 6. The van der Waals surface area contributed by atoms with Crippen LogP contribution in [0.4, 0.5) is 5.69 Å². The second-order valence-corrected chi connectivity index (χ2v) is 11.2. The van der Waals surface area contributed by atoms with Gasteiger partial charge in [0.1, 0.15) is 6.17 Å². The molecule has 0 spiro atoms. The summed E-state index contributed by atoms with van der Waals surface area (Å²) in [6.45, 7) is 0. The van der Waals surface area contributed by atoms with Crippen LogP contribution in [0.15, 0.2) is 169 Å². The van der Waals surface area contributed by atoms with Crippen molar-refractivity contribution < 1.29 is 0 Å². The number of nitrogens with zero attached hydrogens (tertiary/aromatic N) is 1. The van der Waals surface area contributed by atoms with Gasteiger partial charge in [-0.3, -0.25) is 4.99 Å². The van der Waals surface area contributed by atoms with E-state index in [1.54, 1.807) is 0 Å². The maximum Gasteiger partial charge on any atom is 0.144 e. The van der Waals surface area contributed by atoms with Crippen molar-refractivity contribution in [2.24, 2.45) is 4.99 Å². The molecule has 208 valence electrons. The third kappa shape index (κ3) is 4.77. The third-order valence-electron chi connectivity index (χ3n) is 8.57. The maximum absolute atomic E-state index is 5.26. The highest BCUT2D eigenvalue weighted by atomic mass is 15.1. The van der Waals surface area contributed by atoms with Gasteiger partial charge in [-0.05, 0) is 78.0 Å². The summed E-state index contributed by atoms with van der Waals surface area (Å²) in [5.41, 5.74) is 5.70.